The molecular weight excluding hydrogens is 248 g/mol. The lowest BCUT2D eigenvalue weighted by Crippen LogP contribution is -2.41. The molecule has 0 atom stereocenters. The zero-order valence-electron chi connectivity index (χ0n) is 11.5. The Morgan fingerprint density at radius 3 is 2.74 bits per heavy atom. The van der Waals surface area contributed by atoms with Gasteiger partial charge in [0.25, 0.3) is 0 Å². The van der Waals surface area contributed by atoms with E-state index in [9.17, 15) is 9.59 Å². The van der Waals surface area contributed by atoms with E-state index in [1.165, 1.54) is 10.6 Å². The molecule has 0 bridgehead atoms. The van der Waals surface area contributed by atoms with E-state index in [1.807, 2.05) is 20.8 Å². The molecule has 0 radical (unpaired) electrons. The van der Waals surface area contributed by atoms with Crippen LogP contribution in [0, 0.1) is 0 Å². The van der Waals surface area contributed by atoms with E-state index in [0.717, 1.165) is 0 Å². The quantitative estimate of drug-likeness (QED) is 0.776. The van der Waals surface area contributed by atoms with Gasteiger partial charge >= 0.3 is 5.97 Å². The molecular formula is C13H20N2O4. The number of carbonyl (C=O) groups is 2. The second-order valence-corrected chi connectivity index (χ2v) is 4.80. The van der Waals surface area contributed by atoms with Gasteiger partial charge in [-0.05, 0) is 32.9 Å². The lowest BCUT2D eigenvalue weighted by Gasteiger charge is -2.24. The van der Waals surface area contributed by atoms with Gasteiger partial charge in [0.05, 0.1) is 5.60 Å². The number of nitrogens with one attached hydrogen (secondary N) is 1. The fraction of sp³-hybridized carbons (Fsp3) is 0.538. The van der Waals surface area contributed by atoms with E-state index in [0.29, 0.717) is 13.2 Å². The highest BCUT2D eigenvalue weighted by Crippen LogP contribution is 2.07. The van der Waals surface area contributed by atoms with Crippen LogP contribution in [0.2, 0.25) is 0 Å². The first-order chi connectivity index (χ1) is 8.85. The summed E-state index contributed by atoms with van der Waals surface area (Å²) in [5, 5.41) is 11.7. The van der Waals surface area contributed by atoms with Crippen molar-refractivity contribution in [3.05, 3.63) is 24.0 Å². The summed E-state index contributed by atoms with van der Waals surface area (Å²) in [6.45, 7) is 6.59. The number of ether oxygens (including phenoxy) is 1. The molecule has 0 unspecified atom stereocenters. The number of hydrogen-bond donors (Lipinski definition) is 2. The van der Waals surface area contributed by atoms with Gasteiger partial charge in [0.15, 0.2) is 0 Å². The van der Waals surface area contributed by atoms with Gasteiger partial charge < -0.3 is 19.7 Å². The van der Waals surface area contributed by atoms with E-state index in [2.05, 4.69) is 5.32 Å². The Kier molecular flexibility index (Phi) is 5.11. The number of carboxylic acid groups (broad SMARTS) is 1. The van der Waals surface area contributed by atoms with Gasteiger partial charge in [-0.15, -0.1) is 0 Å². The van der Waals surface area contributed by atoms with Crippen LogP contribution in [0.25, 0.3) is 0 Å². The van der Waals surface area contributed by atoms with Crippen LogP contribution in [0.15, 0.2) is 18.3 Å². The molecule has 2 N–H and O–H groups in total. The molecule has 0 spiro atoms. The van der Waals surface area contributed by atoms with Crippen LogP contribution >= 0.6 is 0 Å². The number of amides is 1. The number of aromatic carboxylic acids is 1. The number of hydrogen-bond acceptors (Lipinski definition) is 3. The third-order valence-electron chi connectivity index (χ3n) is 2.61. The van der Waals surface area contributed by atoms with E-state index in [4.69, 9.17) is 9.84 Å². The predicted octanol–water partition coefficient (Wildman–Crippen LogP) is 1.12. The third-order valence-corrected chi connectivity index (χ3v) is 2.61. The van der Waals surface area contributed by atoms with Crippen molar-refractivity contribution in [3.8, 4) is 0 Å². The van der Waals surface area contributed by atoms with Crippen molar-refractivity contribution in [1.82, 2.24) is 9.88 Å². The molecule has 0 saturated carbocycles. The monoisotopic (exact) mass is 268 g/mol. The summed E-state index contributed by atoms with van der Waals surface area (Å²) in [5.74, 6) is -1.29. The van der Waals surface area contributed by atoms with Crippen LogP contribution in [-0.4, -0.2) is 40.3 Å². The number of rotatable bonds is 7. The molecule has 1 rings (SSSR count). The largest absolute Gasteiger partial charge is 0.477 e. The SMILES string of the molecule is CCOC(C)(C)CNC(=O)Cn1cccc1C(=O)O. The summed E-state index contributed by atoms with van der Waals surface area (Å²) >= 11 is 0. The van der Waals surface area contributed by atoms with Crippen LogP contribution < -0.4 is 5.32 Å². The van der Waals surface area contributed by atoms with Gasteiger partial charge in [-0.1, -0.05) is 0 Å². The molecule has 0 fully saturated rings. The van der Waals surface area contributed by atoms with Crippen molar-refractivity contribution in [2.24, 2.45) is 0 Å². The number of aromatic nitrogens is 1. The lowest BCUT2D eigenvalue weighted by molar-refractivity contribution is -0.123. The van der Waals surface area contributed by atoms with Crippen molar-refractivity contribution in [1.29, 1.82) is 0 Å². The summed E-state index contributed by atoms with van der Waals surface area (Å²) in [4.78, 5) is 22.6. The summed E-state index contributed by atoms with van der Waals surface area (Å²) in [6, 6.07) is 3.06. The molecule has 0 aromatic carbocycles. The second-order valence-electron chi connectivity index (χ2n) is 4.80. The number of carboxylic acids is 1. The topological polar surface area (TPSA) is 80.6 Å². The maximum absolute atomic E-state index is 11.8. The fourth-order valence-corrected chi connectivity index (χ4v) is 1.71. The standard InChI is InChI=1S/C13H20N2O4/c1-4-19-13(2,3)9-14-11(16)8-15-7-5-6-10(15)12(17)18/h5-7H,4,8-9H2,1-3H3,(H,14,16)(H,17,18). The molecule has 0 aliphatic carbocycles. The van der Waals surface area contributed by atoms with Crippen molar-refractivity contribution in [2.45, 2.75) is 32.9 Å². The third kappa shape index (κ3) is 4.75. The maximum Gasteiger partial charge on any atom is 0.352 e. The normalized spacial score (nSPS) is 11.3. The average molecular weight is 268 g/mol. The second kappa shape index (κ2) is 6.38. The predicted molar refractivity (Wildman–Crippen MR) is 70.1 cm³/mol. The average Bonchev–Trinajstić information content (AvgIpc) is 2.75. The Bertz CT molecular complexity index is 451. The van der Waals surface area contributed by atoms with Crippen LogP contribution in [-0.2, 0) is 16.1 Å². The zero-order valence-corrected chi connectivity index (χ0v) is 11.5. The van der Waals surface area contributed by atoms with Crippen LogP contribution in [0.1, 0.15) is 31.3 Å². The molecule has 106 valence electrons. The van der Waals surface area contributed by atoms with Crippen LogP contribution in [0.4, 0.5) is 0 Å². The van der Waals surface area contributed by atoms with Gasteiger partial charge in [0.2, 0.25) is 5.91 Å². The Hall–Kier alpha value is -1.82. The highest BCUT2D eigenvalue weighted by molar-refractivity contribution is 5.86. The minimum atomic E-state index is -1.05. The fourth-order valence-electron chi connectivity index (χ4n) is 1.71. The lowest BCUT2D eigenvalue weighted by atomic mass is 10.1. The molecule has 19 heavy (non-hydrogen) atoms. The Morgan fingerprint density at radius 2 is 2.16 bits per heavy atom. The van der Waals surface area contributed by atoms with E-state index >= 15 is 0 Å². The van der Waals surface area contributed by atoms with Gasteiger partial charge in [-0.2, -0.15) is 0 Å². The molecule has 1 amide bonds. The Morgan fingerprint density at radius 1 is 1.47 bits per heavy atom. The molecule has 0 aliphatic heterocycles. The minimum absolute atomic E-state index is 0.0170. The van der Waals surface area contributed by atoms with E-state index in [1.54, 1.807) is 12.3 Å². The Balaban J connectivity index is 2.52. The van der Waals surface area contributed by atoms with Crippen LogP contribution in [0.5, 0.6) is 0 Å². The van der Waals surface area contributed by atoms with Crippen molar-refractivity contribution in [2.75, 3.05) is 13.2 Å². The first-order valence-electron chi connectivity index (χ1n) is 6.15. The molecule has 1 heterocycles. The first-order valence-corrected chi connectivity index (χ1v) is 6.15. The highest BCUT2D eigenvalue weighted by atomic mass is 16.5. The molecule has 0 saturated heterocycles. The smallest absolute Gasteiger partial charge is 0.352 e. The summed E-state index contributed by atoms with van der Waals surface area (Å²) in [7, 11) is 0. The maximum atomic E-state index is 11.8. The van der Waals surface area contributed by atoms with Crippen LogP contribution in [0.3, 0.4) is 0 Å². The summed E-state index contributed by atoms with van der Waals surface area (Å²) < 4.78 is 6.86. The molecule has 0 aliphatic rings. The van der Waals surface area contributed by atoms with Gasteiger partial charge in [0.1, 0.15) is 12.2 Å². The van der Waals surface area contributed by atoms with Crippen molar-refractivity contribution < 1.29 is 19.4 Å². The first kappa shape index (κ1) is 15.2. The molecule has 1 aromatic heterocycles. The van der Waals surface area contributed by atoms with Gasteiger partial charge in [-0.3, -0.25) is 4.79 Å². The Labute approximate surface area is 112 Å². The summed E-state index contributed by atoms with van der Waals surface area (Å²) in [6.07, 6.45) is 1.57. The molecule has 6 heteroatoms. The molecule has 6 nitrogen and oxygen atoms in total. The van der Waals surface area contributed by atoms with Gasteiger partial charge in [0, 0.05) is 19.3 Å². The van der Waals surface area contributed by atoms with Crippen molar-refractivity contribution >= 4 is 11.9 Å². The number of carbonyl (C=O) groups excluding carboxylic acids is 1. The number of nitrogens with zero attached hydrogens (tertiary/aromatic N) is 1. The van der Waals surface area contributed by atoms with E-state index < -0.39 is 11.6 Å². The zero-order chi connectivity index (χ0) is 14.5. The van der Waals surface area contributed by atoms with Gasteiger partial charge in [-0.25, -0.2) is 4.79 Å². The van der Waals surface area contributed by atoms with Crippen molar-refractivity contribution in [3.63, 3.8) is 0 Å². The molecule has 1 aromatic rings. The summed E-state index contributed by atoms with van der Waals surface area (Å²) in [5.41, 5.74) is -0.337. The minimum Gasteiger partial charge on any atom is -0.477 e. The highest BCUT2D eigenvalue weighted by Gasteiger charge is 2.19. The van der Waals surface area contributed by atoms with E-state index in [-0.39, 0.29) is 18.1 Å².